The Hall–Kier alpha value is -3.19. The van der Waals surface area contributed by atoms with Gasteiger partial charge in [0.1, 0.15) is 5.75 Å². The molecule has 0 saturated carbocycles. The second-order valence-corrected chi connectivity index (χ2v) is 6.77. The molecular formula is C22H24N2O5. The van der Waals surface area contributed by atoms with E-state index in [0.29, 0.717) is 25.0 Å². The number of aromatic nitrogens is 2. The van der Waals surface area contributed by atoms with Crippen LogP contribution >= 0.6 is 0 Å². The Kier molecular flexibility index (Phi) is 6.61. The van der Waals surface area contributed by atoms with Gasteiger partial charge in [-0.1, -0.05) is 24.3 Å². The molecule has 0 amide bonds. The van der Waals surface area contributed by atoms with Crippen LogP contribution in [-0.4, -0.2) is 34.6 Å². The summed E-state index contributed by atoms with van der Waals surface area (Å²) in [6.45, 7) is 2.59. The van der Waals surface area contributed by atoms with E-state index in [1.807, 2.05) is 43.3 Å². The highest BCUT2D eigenvalue weighted by Crippen LogP contribution is 2.24. The van der Waals surface area contributed by atoms with Gasteiger partial charge in [-0.2, -0.15) is 5.10 Å². The molecule has 1 N–H and O–H groups in total. The minimum atomic E-state index is -0.840. The zero-order chi connectivity index (χ0) is 20.8. The highest BCUT2D eigenvalue weighted by Gasteiger charge is 2.13. The Bertz CT molecular complexity index is 1040. The van der Waals surface area contributed by atoms with Crippen molar-refractivity contribution in [3.05, 3.63) is 70.1 Å². The van der Waals surface area contributed by atoms with Gasteiger partial charge in [-0.05, 0) is 42.7 Å². The lowest BCUT2D eigenvalue weighted by atomic mass is 10.0. The standard InChI is InChI=1S/C22H24N2O5/c1-15(29-12-4-7-21(25)26)18-5-3-6-19-20(18)13-23-24(22(19)27)14-16-8-10-17(28-2)11-9-16/h3,5-6,8-11,13,15H,4,7,12,14H2,1-2H3,(H,25,26). The number of benzene rings is 2. The largest absolute Gasteiger partial charge is 0.497 e. The number of methoxy groups -OCH3 is 1. The average Bonchev–Trinajstić information content (AvgIpc) is 2.73. The van der Waals surface area contributed by atoms with E-state index in [0.717, 1.165) is 22.3 Å². The van der Waals surface area contributed by atoms with Crippen molar-refractivity contribution in [3.63, 3.8) is 0 Å². The zero-order valence-electron chi connectivity index (χ0n) is 16.5. The fraction of sp³-hybridized carbons (Fsp3) is 0.318. The van der Waals surface area contributed by atoms with Gasteiger partial charge in [0, 0.05) is 18.4 Å². The maximum atomic E-state index is 12.9. The molecule has 2 aromatic carbocycles. The molecule has 0 fully saturated rings. The summed E-state index contributed by atoms with van der Waals surface area (Å²) in [4.78, 5) is 23.5. The van der Waals surface area contributed by atoms with E-state index in [9.17, 15) is 9.59 Å². The first-order valence-corrected chi connectivity index (χ1v) is 9.44. The summed E-state index contributed by atoms with van der Waals surface area (Å²) in [7, 11) is 1.61. The monoisotopic (exact) mass is 396 g/mol. The Morgan fingerprint density at radius 1 is 1.17 bits per heavy atom. The van der Waals surface area contributed by atoms with Crippen molar-refractivity contribution in [2.24, 2.45) is 0 Å². The summed E-state index contributed by atoms with van der Waals surface area (Å²) < 4.78 is 12.4. The van der Waals surface area contributed by atoms with Crippen LogP contribution in [0.4, 0.5) is 0 Å². The molecule has 7 heteroatoms. The second-order valence-electron chi connectivity index (χ2n) is 6.77. The van der Waals surface area contributed by atoms with E-state index in [4.69, 9.17) is 14.6 Å². The molecule has 1 unspecified atom stereocenters. The van der Waals surface area contributed by atoms with Gasteiger partial charge in [-0.3, -0.25) is 9.59 Å². The first-order chi connectivity index (χ1) is 14.0. The van der Waals surface area contributed by atoms with Gasteiger partial charge in [-0.15, -0.1) is 0 Å². The quantitative estimate of drug-likeness (QED) is 0.558. The summed E-state index contributed by atoms with van der Waals surface area (Å²) >= 11 is 0. The number of carboxylic acids is 1. The maximum Gasteiger partial charge on any atom is 0.303 e. The van der Waals surface area contributed by atoms with Gasteiger partial charge in [-0.25, -0.2) is 4.68 Å². The second kappa shape index (κ2) is 9.34. The Balaban J connectivity index is 1.81. The summed E-state index contributed by atoms with van der Waals surface area (Å²) in [5.41, 5.74) is 1.64. The molecule has 1 aromatic heterocycles. The van der Waals surface area contributed by atoms with Crippen molar-refractivity contribution in [1.29, 1.82) is 0 Å². The normalized spacial score (nSPS) is 12.1. The molecule has 0 radical (unpaired) electrons. The van der Waals surface area contributed by atoms with Gasteiger partial charge < -0.3 is 14.6 Å². The first-order valence-electron chi connectivity index (χ1n) is 9.44. The lowest BCUT2D eigenvalue weighted by Gasteiger charge is -2.16. The van der Waals surface area contributed by atoms with Crippen molar-refractivity contribution >= 4 is 16.7 Å². The number of rotatable bonds is 9. The molecule has 29 heavy (non-hydrogen) atoms. The van der Waals surface area contributed by atoms with E-state index in [1.54, 1.807) is 19.4 Å². The molecule has 0 aliphatic heterocycles. The highest BCUT2D eigenvalue weighted by atomic mass is 16.5. The molecule has 0 aliphatic carbocycles. The molecule has 3 aromatic rings. The van der Waals surface area contributed by atoms with Crippen LogP contribution in [0.1, 0.15) is 37.0 Å². The Labute approximate surface area is 168 Å². The van der Waals surface area contributed by atoms with E-state index >= 15 is 0 Å². The van der Waals surface area contributed by atoms with Gasteiger partial charge in [0.15, 0.2) is 0 Å². The third-order valence-corrected chi connectivity index (χ3v) is 4.76. The number of hydrogen-bond acceptors (Lipinski definition) is 5. The SMILES string of the molecule is COc1ccc(Cn2ncc3c(C(C)OCCCC(=O)O)cccc3c2=O)cc1. The number of carboxylic acid groups (broad SMARTS) is 1. The fourth-order valence-electron chi connectivity index (χ4n) is 3.18. The van der Waals surface area contributed by atoms with E-state index < -0.39 is 5.97 Å². The molecule has 152 valence electrons. The highest BCUT2D eigenvalue weighted by molar-refractivity contribution is 5.84. The smallest absolute Gasteiger partial charge is 0.303 e. The van der Waals surface area contributed by atoms with Crippen molar-refractivity contribution < 1.29 is 19.4 Å². The first kappa shape index (κ1) is 20.5. The molecule has 0 aliphatic rings. The number of nitrogens with zero attached hydrogens (tertiary/aromatic N) is 2. The number of hydrogen-bond donors (Lipinski definition) is 1. The fourth-order valence-corrected chi connectivity index (χ4v) is 3.18. The number of aliphatic carboxylic acids is 1. The lowest BCUT2D eigenvalue weighted by molar-refractivity contribution is -0.137. The molecular weight excluding hydrogens is 372 g/mol. The summed E-state index contributed by atoms with van der Waals surface area (Å²) in [5, 5.41) is 14.4. The van der Waals surface area contributed by atoms with Crippen LogP contribution in [0.15, 0.2) is 53.5 Å². The minimum absolute atomic E-state index is 0.0693. The van der Waals surface area contributed by atoms with E-state index in [2.05, 4.69) is 5.10 Å². The van der Waals surface area contributed by atoms with Gasteiger partial charge >= 0.3 is 5.97 Å². The van der Waals surface area contributed by atoms with Crippen LogP contribution in [0.3, 0.4) is 0 Å². The third kappa shape index (κ3) is 5.00. The van der Waals surface area contributed by atoms with E-state index in [1.165, 1.54) is 4.68 Å². The predicted octanol–water partition coefficient (Wildman–Crippen LogP) is 3.40. The molecule has 0 saturated heterocycles. The van der Waals surface area contributed by atoms with E-state index in [-0.39, 0.29) is 18.1 Å². The van der Waals surface area contributed by atoms with Crippen LogP contribution in [0.5, 0.6) is 5.75 Å². The van der Waals surface area contributed by atoms with Crippen molar-refractivity contribution in [3.8, 4) is 5.75 Å². The molecule has 0 spiro atoms. The maximum absolute atomic E-state index is 12.9. The third-order valence-electron chi connectivity index (χ3n) is 4.76. The Morgan fingerprint density at radius 2 is 1.93 bits per heavy atom. The van der Waals surface area contributed by atoms with Crippen molar-refractivity contribution in [2.75, 3.05) is 13.7 Å². The Morgan fingerprint density at radius 3 is 2.62 bits per heavy atom. The van der Waals surface area contributed by atoms with Crippen LogP contribution in [0.25, 0.3) is 10.8 Å². The van der Waals surface area contributed by atoms with Crippen LogP contribution in [-0.2, 0) is 16.1 Å². The molecule has 7 nitrogen and oxygen atoms in total. The minimum Gasteiger partial charge on any atom is -0.497 e. The molecule has 0 bridgehead atoms. The lowest BCUT2D eigenvalue weighted by Crippen LogP contribution is -2.23. The van der Waals surface area contributed by atoms with Crippen LogP contribution in [0.2, 0.25) is 0 Å². The molecule has 1 heterocycles. The predicted molar refractivity (Wildman–Crippen MR) is 109 cm³/mol. The van der Waals surface area contributed by atoms with Gasteiger partial charge in [0.05, 0.1) is 31.3 Å². The number of carbonyl (C=O) groups is 1. The number of fused-ring (bicyclic) bond motifs is 1. The van der Waals surface area contributed by atoms with Gasteiger partial charge in [0.2, 0.25) is 0 Å². The number of ether oxygens (including phenoxy) is 2. The van der Waals surface area contributed by atoms with Crippen molar-refractivity contribution in [2.45, 2.75) is 32.4 Å². The summed E-state index contributed by atoms with van der Waals surface area (Å²) in [5.74, 6) is -0.0809. The summed E-state index contributed by atoms with van der Waals surface area (Å²) in [6, 6.07) is 13.0. The van der Waals surface area contributed by atoms with Crippen LogP contribution < -0.4 is 10.3 Å². The molecule has 3 rings (SSSR count). The summed E-state index contributed by atoms with van der Waals surface area (Å²) in [6.07, 6.45) is 1.93. The average molecular weight is 396 g/mol. The topological polar surface area (TPSA) is 90.7 Å². The van der Waals surface area contributed by atoms with Crippen LogP contribution in [0, 0.1) is 0 Å². The van der Waals surface area contributed by atoms with Gasteiger partial charge in [0.25, 0.3) is 5.56 Å². The molecule has 1 atom stereocenters. The zero-order valence-corrected chi connectivity index (χ0v) is 16.5. The van der Waals surface area contributed by atoms with Crippen molar-refractivity contribution in [1.82, 2.24) is 9.78 Å².